The second-order valence-electron chi connectivity index (χ2n) is 7.10. The van der Waals surface area contributed by atoms with Crippen LogP contribution in [-0.4, -0.2) is 27.1 Å². The predicted octanol–water partition coefficient (Wildman–Crippen LogP) is 5.83. The molecule has 4 aromatic rings. The number of aromatic nitrogens is 2. The first-order chi connectivity index (χ1) is 16.0. The lowest BCUT2D eigenvalue weighted by Crippen LogP contribution is -2.04. The number of hydrogen-bond donors (Lipinski definition) is 0. The van der Waals surface area contributed by atoms with Gasteiger partial charge in [0.25, 0.3) is 0 Å². The minimum absolute atomic E-state index is 0.109. The van der Waals surface area contributed by atoms with Crippen LogP contribution in [0.2, 0.25) is 0 Å². The van der Waals surface area contributed by atoms with E-state index < -0.39 is 5.97 Å². The standard InChI is InChI=1S/C25H16N4O3S/c1-4-32-25(31)18-10-6-8-16(12-18)20-19(13-26)22(27-3)21(24-23(20)28-33-29-24)17-9-5-7-15(11-17)14(2)30/h5-12H,4H2,1-2H3. The van der Waals surface area contributed by atoms with Gasteiger partial charge in [-0.3, -0.25) is 4.79 Å². The molecule has 160 valence electrons. The number of carbonyl (C=O) groups excluding carboxylic acids is 2. The van der Waals surface area contributed by atoms with Crippen LogP contribution in [0, 0.1) is 17.9 Å². The summed E-state index contributed by atoms with van der Waals surface area (Å²) in [6.07, 6.45) is 0. The van der Waals surface area contributed by atoms with Gasteiger partial charge in [-0.2, -0.15) is 14.0 Å². The van der Waals surface area contributed by atoms with Crippen molar-refractivity contribution in [3.05, 3.63) is 76.6 Å². The van der Waals surface area contributed by atoms with Gasteiger partial charge in [0, 0.05) is 16.7 Å². The number of nitriles is 1. The lowest BCUT2D eigenvalue weighted by atomic mass is 9.90. The average Bonchev–Trinajstić information content (AvgIpc) is 3.31. The van der Waals surface area contributed by atoms with Crippen LogP contribution >= 0.6 is 11.7 Å². The molecule has 0 bridgehead atoms. The fraction of sp³-hybridized carbons (Fsp3) is 0.120. The van der Waals surface area contributed by atoms with Crippen LogP contribution in [0.25, 0.3) is 38.1 Å². The van der Waals surface area contributed by atoms with Gasteiger partial charge < -0.3 is 4.74 Å². The molecular weight excluding hydrogens is 436 g/mol. The number of fused-ring (bicyclic) bond motifs is 1. The Hall–Kier alpha value is -4.40. The number of esters is 1. The van der Waals surface area contributed by atoms with Crippen molar-refractivity contribution in [1.82, 2.24) is 8.75 Å². The van der Waals surface area contributed by atoms with Gasteiger partial charge in [-0.1, -0.05) is 30.3 Å². The smallest absolute Gasteiger partial charge is 0.338 e. The van der Waals surface area contributed by atoms with E-state index in [4.69, 9.17) is 11.3 Å². The molecule has 7 nitrogen and oxygen atoms in total. The van der Waals surface area contributed by atoms with Gasteiger partial charge in [0.15, 0.2) is 5.78 Å². The van der Waals surface area contributed by atoms with Crippen molar-refractivity contribution < 1.29 is 14.3 Å². The van der Waals surface area contributed by atoms with Crippen LogP contribution in [-0.2, 0) is 4.74 Å². The summed E-state index contributed by atoms with van der Waals surface area (Å²) in [5, 5.41) is 10.1. The molecule has 4 rings (SSSR count). The third-order valence-electron chi connectivity index (χ3n) is 5.13. The zero-order chi connectivity index (χ0) is 23.5. The topological polar surface area (TPSA) is 97.3 Å². The first-order valence-electron chi connectivity index (χ1n) is 9.98. The number of benzene rings is 3. The molecule has 0 saturated heterocycles. The predicted molar refractivity (Wildman–Crippen MR) is 125 cm³/mol. The maximum absolute atomic E-state index is 12.3. The lowest BCUT2D eigenvalue weighted by Gasteiger charge is -2.14. The Morgan fingerprint density at radius 2 is 1.67 bits per heavy atom. The minimum atomic E-state index is -0.478. The molecular formula is C25H16N4O3S. The monoisotopic (exact) mass is 452 g/mol. The quantitative estimate of drug-likeness (QED) is 0.215. The van der Waals surface area contributed by atoms with Crippen LogP contribution < -0.4 is 0 Å². The van der Waals surface area contributed by atoms with E-state index in [1.807, 2.05) is 0 Å². The fourth-order valence-corrected chi connectivity index (χ4v) is 4.24. The summed E-state index contributed by atoms with van der Waals surface area (Å²) in [5.41, 5.74) is 4.04. The van der Waals surface area contributed by atoms with Crippen molar-refractivity contribution in [3.63, 3.8) is 0 Å². The second kappa shape index (κ2) is 8.99. The fourth-order valence-electron chi connectivity index (χ4n) is 3.68. The Balaban J connectivity index is 2.05. The summed E-state index contributed by atoms with van der Waals surface area (Å²) in [7, 11) is 0. The highest BCUT2D eigenvalue weighted by Gasteiger charge is 2.25. The summed E-state index contributed by atoms with van der Waals surface area (Å²) >= 11 is 0.967. The van der Waals surface area contributed by atoms with E-state index in [0.717, 1.165) is 11.7 Å². The number of nitrogens with zero attached hydrogens (tertiary/aromatic N) is 4. The largest absolute Gasteiger partial charge is 0.462 e. The first kappa shape index (κ1) is 21.8. The zero-order valence-electron chi connectivity index (χ0n) is 17.7. The van der Waals surface area contributed by atoms with Gasteiger partial charge in [0.05, 0.1) is 42.1 Å². The third-order valence-corrected chi connectivity index (χ3v) is 5.66. The Bertz CT molecular complexity index is 1510. The van der Waals surface area contributed by atoms with Gasteiger partial charge >= 0.3 is 5.97 Å². The van der Waals surface area contributed by atoms with Crippen molar-refractivity contribution in [2.24, 2.45) is 0 Å². The van der Waals surface area contributed by atoms with E-state index in [1.165, 1.54) is 6.92 Å². The van der Waals surface area contributed by atoms with Gasteiger partial charge in [-0.15, -0.1) is 0 Å². The third kappa shape index (κ3) is 3.84. The molecule has 0 unspecified atom stereocenters. The van der Waals surface area contributed by atoms with E-state index in [0.29, 0.717) is 44.4 Å². The number of Topliss-reactive ketones (excluding diaryl/α,β-unsaturated/α-hetero) is 1. The summed E-state index contributed by atoms with van der Waals surface area (Å²) < 4.78 is 13.9. The van der Waals surface area contributed by atoms with Crippen LogP contribution in [0.3, 0.4) is 0 Å². The summed E-state index contributed by atoms with van der Waals surface area (Å²) in [6, 6.07) is 15.7. The molecule has 0 aliphatic rings. The number of rotatable bonds is 5. The molecule has 3 aromatic carbocycles. The van der Waals surface area contributed by atoms with Crippen molar-refractivity contribution >= 4 is 40.2 Å². The van der Waals surface area contributed by atoms with Crippen LogP contribution in [0.15, 0.2) is 48.5 Å². The normalized spacial score (nSPS) is 10.4. The Kier molecular flexibility index (Phi) is 5.95. The molecule has 8 heteroatoms. The van der Waals surface area contributed by atoms with Gasteiger partial charge in [-0.05, 0) is 43.2 Å². The number of ether oxygens (including phenoxy) is 1. The second-order valence-corrected chi connectivity index (χ2v) is 7.63. The van der Waals surface area contributed by atoms with Crippen LogP contribution in [0.1, 0.15) is 40.1 Å². The molecule has 1 aromatic heterocycles. The minimum Gasteiger partial charge on any atom is -0.462 e. The van der Waals surface area contributed by atoms with Crippen molar-refractivity contribution in [2.45, 2.75) is 13.8 Å². The summed E-state index contributed by atoms with van der Waals surface area (Å²) in [5.74, 6) is -0.588. The summed E-state index contributed by atoms with van der Waals surface area (Å²) in [6.45, 7) is 11.3. The molecule has 33 heavy (non-hydrogen) atoms. The SMILES string of the molecule is [C-]#[N+]c1c(C#N)c(-c2cccc(C(=O)OCC)c2)c2nsnc2c1-c1cccc(C(C)=O)c1. The highest BCUT2D eigenvalue weighted by atomic mass is 32.1. The average molecular weight is 452 g/mol. The molecule has 0 fully saturated rings. The van der Waals surface area contributed by atoms with Crippen molar-refractivity contribution in [1.29, 1.82) is 5.26 Å². The molecule has 0 aliphatic heterocycles. The number of carbonyl (C=O) groups is 2. The Morgan fingerprint density at radius 1 is 1.06 bits per heavy atom. The lowest BCUT2D eigenvalue weighted by molar-refractivity contribution is 0.0526. The van der Waals surface area contributed by atoms with Gasteiger partial charge in [-0.25, -0.2) is 9.64 Å². The van der Waals surface area contributed by atoms with E-state index in [9.17, 15) is 14.9 Å². The highest BCUT2D eigenvalue weighted by molar-refractivity contribution is 7.00. The van der Waals surface area contributed by atoms with Crippen molar-refractivity contribution in [2.75, 3.05) is 6.61 Å². The molecule has 0 N–H and O–H groups in total. The summed E-state index contributed by atoms with van der Waals surface area (Å²) in [4.78, 5) is 27.9. The molecule has 0 aliphatic carbocycles. The molecule has 1 heterocycles. The van der Waals surface area contributed by atoms with Crippen molar-refractivity contribution in [3.8, 4) is 28.3 Å². The van der Waals surface area contributed by atoms with E-state index in [-0.39, 0.29) is 23.6 Å². The van der Waals surface area contributed by atoms with E-state index >= 15 is 0 Å². The Labute approximate surface area is 194 Å². The van der Waals surface area contributed by atoms with Crippen LogP contribution in [0.5, 0.6) is 0 Å². The molecule has 0 atom stereocenters. The van der Waals surface area contributed by atoms with Crippen LogP contribution in [0.4, 0.5) is 5.69 Å². The first-order valence-corrected chi connectivity index (χ1v) is 10.7. The molecule has 0 saturated carbocycles. The molecule has 0 amide bonds. The maximum Gasteiger partial charge on any atom is 0.338 e. The van der Waals surface area contributed by atoms with Gasteiger partial charge in [0.1, 0.15) is 11.0 Å². The van der Waals surface area contributed by atoms with E-state index in [2.05, 4.69) is 19.7 Å². The molecule has 0 spiro atoms. The Morgan fingerprint density at radius 3 is 2.27 bits per heavy atom. The highest BCUT2D eigenvalue weighted by Crippen LogP contribution is 2.45. The zero-order valence-corrected chi connectivity index (χ0v) is 18.6. The maximum atomic E-state index is 12.3. The molecule has 0 radical (unpaired) electrons. The number of hydrogen-bond acceptors (Lipinski definition) is 7. The number of ketones is 1. The van der Waals surface area contributed by atoms with E-state index in [1.54, 1.807) is 55.5 Å². The van der Waals surface area contributed by atoms with Gasteiger partial charge in [0.2, 0.25) is 5.69 Å².